The average Bonchev–Trinajstić information content (AvgIpc) is 3.07. The Bertz CT molecular complexity index is 453. The van der Waals surface area contributed by atoms with Gasteiger partial charge in [-0.25, -0.2) is 4.79 Å². The van der Waals surface area contributed by atoms with Crippen molar-refractivity contribution in [3.63, 3.8) is 0 Å². The molecular weight excluding hydrogens is 232 g/mol. The Morgan fingerprint density at radius 2 is 2.11 bits per heavy atom. The molecular formula is C14H18O4. The molecule has 4 nitrogen and oxygen atoms in total. The molecule has 0 aromatic heterocycles. The fraction of sp³-hybridized carbons (Fsp3) is 0.500. The standard InChI is InChI=1S/C14H18O4/c1-8(2)17-14(15)13-12(18-13)11-6-5-10(16-4)7-9(11)3/h5-8,12-13H,1-4H3. The van der Waals surface area contributed by atoms with Gasteiger partial charge in [0.05, 0.1) is 13.2 Å². The van der Waals surface area contributed by atoms with Gasteiger partial charge in [-0.3, -0.25) is 0 Å². The van der Waals surface area contributed by atoms with Crippen LogP contribution in [0.15, 0.2) is 18.2 Å². The highest BCUT2D eigenvalue weighted by Crippen LogP contribution is 2.41. The fourth-order valence-corrected chi connectivity index (χ4v) is 1.92. The van der Waals surface area contributed by atoms with Gasteiger partial charge >= 0.3 is 5.97 Å². The van der Waals surface area contributed by atoms with Gasteiger partial charge < -0.3 is 14.2 Å². The van der Waals surface area contributed by atoms with E-state index in [0.717, 1.165) is 16.9 Å². The molecule has 1 aromatic carbocycles. The van der Waals surface area contributed by atoms with Crippen molar-refractivity contribution in [2.75, 3.05) is 7.11 Å². The Morgan fingerprint density at radius 1 is 1.39 bits per heavy atom. The maximum Gasteiger partial charge on any atom is 0.338 e. The molecule has 1 aliphatic rings. The molecule has 1 aromatic rings. The third-order valence-corrected chi connectivity index (χ3v) is 2.86. The SMILES string of the molecule is COc1ccc(C2OC2C(=O)OC(C)C)c(C)c1. The van der Waals surface area contributed by atoms with E-state index in [9.17, 15) is 4.79 Å². The highest BCUT2D eigenvalue weighted by molar-refractivity contribution is 5.78. The third kappa shape index (κ3) is 2.64. The largest absolute Gasteiger partial charge is 0.497 e. The summed E-state index contributed by atoms with van der Waals surface area (Å²) in [6, 6.07) is 5.73. The summed E-state index contributed by atoms with van der Waals surface area (Å²) in [6.07, 6.45) is -0.749. The molecule has 0 bridgehead atoms. The van der Waals surface area contributed by atoms with Crippen molar-refractivity contribution in [3.05, 3.63) is 29.3 Å². The Kier molecular flexibility index (Phi) is 3.57. The smallest absolute Gasteiger partial charge is 0.338 e. The molecule has 2 unspecified atom stereocenters. The van der Waals surface area contributed by atoms with Crippen LogP contribution >= 0.6 is 0 Å². The highest BCUT2D eigenvalue weighted by atomic mass is 16.6. The van der Waals surface area contributed by atoms with Crippen LogP contribution in [0.25, 0.3) is 0 Å². The lowest BCUT2D eigenvalue weighted by molar-refractivity contribution is -0.148. The molecule has 2 rings (SSSR count). The molecule has 2 atom stereocenters. The zero-order chi connectivity index (χ0) is 13.3. The lowest BCUT2D eigenvalue weighted by atomic mass is 10.0. The summed E-state index contributed by atoms with van der Waals surface area (Å²) in [5, 5.41) is 0. The van der Waals surface area contributed by atoms with E-state index < -0.39 is 6.10 Å². The van der Waals surface area contributed by atoms with Crippen LogP contribution in [0.5, 0.6) is 5.75 Å². The molecule has 1 aliphatic heterocycles. The topological polar surface area (TPSA) is 48.1 Å². The Hall–Kier alpha value is -1.55. The first-order valence-electron chi connectivity index (χ1n) is 6.03. The average molecular weight is 250 g/mol. The molecule has 0 saturated carbocycles. The second-order valence-corrected chi connectivity index (χ2v) is 4.69. The Balaban J connectivity index is 2.05. The van der Waals surface area contributed by atoms with E-state index in [1.165, 1.54) is 0 Å². The van der Waals surface area contributed by atoms with Crippen LogP contribution in [-0.4, -0.2) is 25.3 Å². The van der Waals surface area contributed by atoms with Crippen LogP contribution in [0, 0.1) is 6.92 Å². The minimum absolute atomic E-state index is 0.112. The number of carbonyl (C=O) groups excluding carboxylic acids is 1. The first-order valence-corrected chi connectivity index (χ1v) is 6.03. The van der Waals surface area contributed by atoms with E-state index in [-0.39, 0.29) is 18.2 Å². The predicted molar refractivity (Wildman–Crippen MR) is 66.6 cm³/mol. The number of hydrogen-bond donors (Lipinski definition) is 0. The first kappa shape index (κ1) is 12.9. The number of esters is 1. The molecule has 1 saturated heterocycles. The van der Waals surface area contributed by atoms with Crippen molar-refractivity contribution in [1.82, 2.24) is 0 Å². The van der Waals surface area contributed by atoms with Gasteiger partial charge in [0.15, 0.2) is 6.10 Å². The van der Waals surface area contributed by atoms with Gasteiger partial charge in [0, 0.05) is 0 Å². The minimum atomic E-state index is -0.459. The van der Waals surface area contributed by atoms with Crippen LogP contribution in [-0.2, 0) is 14.3 Å². The van der Waals surface area contributed by atoms with Crippen LogP contribution < -0.4 is 4.74 Å². The van der Waals surface area contributed by atoms with Gasteiger partial charge in [-0.15, -0.1) is 0 Å². The summed E-state index contributed by atoms with van der Waals surface area (Å²) in [4.78, 5) is 11.7. The van der Waals surface area contributed by atoms with Crippen LogP contribution in [0.4, 0.5) is 0 Å². The number of aryl methyl sites for hydroxylation is 1. The Morgan fingerprint density at radius 3 is 2.67 bits per heavy atom. The van der Waals surface area contributed by atoms with E-state index in [1.54, 1.807) is 7.11 Å². The lowest BCUT2D eigenvalue weighted by Crippen LogP contribution is -2.17. The van der Waals surface area contributed by atoms with E-state index in [1.807, 2.05) is 39.0 Å². The summed E-state index contributed by atoms with van der Waals surface area (Å²) >= 11 is 0. The van der Waals surface area contributed by atoms with Gasteiger partial charge in [-0.05, 0) is 44.0 Å². The van der Waals surface area contributed by atoms with Gasteiger partial charge in [-0.1, -0.05) is 6.07 Å². The third-order valence-electron chi connectivity index (χ3n) is 2.86. The number of rotatable bonds is 4. The fourth-order valence-electron chi connectivity index (χ4n) is 1.92. The number of benzene rings is 1. The predicted octanol–water partition coefficient (Wildman–Crippen LogP) is 2.40. The maximum atomic E-state index is 11.7. The van der Waals surface area contributed by atoms with Crippen LogP contribution in [0.2, 0.25) is 0 Å². The number of epoxide rings is 1. The van der Waals surface area contributed by atoms with E-state index in [4.69, 9.17) is 14.2 Å². The van der Waals surface area contributed by atoms with Gasteiger partial charge in [0.2, 0.25) is 0 Å². The summed E-state index contributed by atoms with van der Waals surface area (Å²) in [7, 11) is 1.63. The zero-order valence-corrected chi connectivity index (χ0v) is 11.1. The van der Waals surface area contributed by atoms with Crippen molar-refractivity contribution < 1.29 is 19.0 Å². The molecule has 0 N–H and O–H groups in total. The molecule has 98 valence electrons. The quantitative estimate of drug-likeness (QED) is 0.608. The van der Waals surface area contributed by atoms with Crippen LogP contribution in [0.3, 0.4) is 0 Å². The maximum absolute atomic E-state index is 11.7. The monoisotopic (exact) mass is 250 g/mol. The lowest BCUT2D eigenvalue weighted by Gasteiger charge is -2.07. The van der Waals surface area contributed by atoms with Crippen LogP contribution in [0.1, 0.15) is 31.1 Å². The van der Waals surface area contributed by atoms with E-state index in [2.05, 4.69) is 0 Å². The number of hydrogen-bond acceptors (Lipinski definition) is 4. The summed E-state index contributed by atoms with van der Waals surface area (Å²) in [5.41, 5.74) is 2.07. The zero-order valence-electron chi connectivity index (χ0n) is 11.1. The number of ether oxygens (including phenoxy) is 3. The Labute approximate surface area is 107 Å². The van der Waals surface area contributed by atoms with Crippen molar-refractivity contribution in [3.8, 4) is 5.75 Å². The van der Waals surface area contributed by atoms with Gasteiger partial charge in [0.1, 0.15) is 11.9 Å². The molecule has 18 heavy (non-hydrogen) atoms. The van der Waals surface area contributed by atoms with Crippen molar-refractivity contribution in [2.45, 2.75) is 39.1 Å². The summed E-state index contributed by atoms with van der Waals surface area (Å²) in [6.45, 7) is 5.63. The molecule has 0 radical (unpaired) electrons. The van der Waals surface area contributed by atoms with Gasteiger partial charge in [0.25, 0.3) is 0 Å². The van der Waals surface area contributed by atoms with E-state index in [0.29, 0.717) is 0 Å². The molecule has 1 fully saturated rings. The molecule has 0 amide bonds. The normalized spacial score (nSPS) is 21.8. The van der Waals surface area contributed by atoms with Crippen molar-refractivity contribution >= 4 is 5.97 Å². The van der Waals surface area contributed by atoms with E-state index >= 15 is 0 Å². The molecule has 0 aliphatic carbocycles. The van der Waals surface area contributed by atoms with Crippen molar-refractivity contribution in [1.29, 1.82) is 0 Å². The second-order valence-electron chi connectivity index (χ2n) is 4.69. The number of carbonyl (C=O) groups is 1. The number of methoxy groups -OCH3 is 1. The minimum Gasteiger partial charge on any atom is -0.497 e. The summed E-state index contributed by atoms with van der Waals surface area (Å²) < 4.78 is 15.7. The van der Waals surface area contributed by atoms with Gasteiger partial charge in [-0.2, -0.15) is 0 Å². The molecule has 4 heteroatoms. The van der Waals surface area contributed by atoms with Crippen molar-refractivity contribution in [2.24, 2.45) is 0 Å². The second kappa shape index (κ2) is 4.98. The first-order chi connectivity index (χ1) is 8.52. The highest BCUT2D eigenvalue weighted by Gasteiger charge is 2.48. The molecule has 1 heterocycles. The summed E-state index contributed by atoms with van der Waals surface area (Å²) in [5.74, 6) is 0.517. The molecule has 0 spiro atoms.